The van der Waals surface area contributed by atoms with E-state index in [1.54, 1.807) is 0 Å². The van der Waals surface area contributed by atoms with Gasteiger partial charge in [0.25, 0.3) is 0 Å². The van der Waals surface area contributed by atoms with Crippen LogP contribution in [0, 0.1) is 0 Å². The van der Waals surface area contributed by atoms with Gasteiger partial charge in [-0.05, 0) is 0 Å². The molecule has 0 saturated carbocycles. The van der Waals surface area contributed by atoms with Crippen LogP contribution in [0.1, 0.15) is 21.9 Å². The Bertz CT molecular complexity index is 348. The normalized spacial score (nSPS) is 14.6. The average Bonchev–Trinajstić information content (AvgIpc) is 2.27. The summed E-state index contributed by atoms with van der Waals surface area (Å²) in [4.78, 5) is 18.6. The van der Waals surface area contributed by atoms with E-state index in [-0.39, 0.29) is 5.82 Å². The number of aldehydes is 1. The van der Waals surface area contributed by atoms with Crippen LogP contribution in [-0.2, 0) is 17.8 Å². The van der Waals surface area contributed by atoms with Gasteiger partial charge in [-0.2, -0.15) is 4.98 Å². The summed E-state index contributed by atoms with van der Waals surface area (Å²) in [6, 6.07) is 0. The zero-order valence-corrected chi connectivity index (χ0v) is 7.82. The Morgan fingerprint density at radius 3 is 3.07 bits per heavy atom. The Morgan fingerprint density at radius 2 is 2.36 bits per heavy atom. The van der Waals surface area contributed by atoms with E-state index < -0.39 is 0 Å². The summed E-state index contributed by atoms with van der Waals surface area (Å²) < 4.78 is 10.3. The summed E-state index contributed by atoms with van der Waals surface area (Å²) in [6.45, 7) is 1.09. The van der Waals surface area contributed by atoms with E-state index in [1.807, 2.05) is 0 Å². The van der Waals surface area contributed by atoms with E-state index >= 15 is 0 Å². The summed E-state index contributed by atoms with van der Waals surface area (Å²) >= 11 is 0. The lowest BCUT2D eigenvalue weighted by Crippen LogP contribution is -2.15. The zero-order chi connectivity index (χ0) is 9.97. The maximum Gasteiger partial charge on any atom is 0.222 e. The number of aromatic nitrogens is 2. The third-order valence-electron chi connectivity index (χ3n) is 2.10. The van der Waals surface area contributed by atoms with Crippen molar-refractivity contribution in [1.82, 2.24) is 9.97 Å². The van der Waals surface area contributed by atoms with E-state index in [0.29, 0.717) is 31.8 Å². The average molecular weight is 194 g/mol. The Labute approximate surface area is 81.1 Å². The molecule has 0 atom stereocenters. The van der Waals surface area contributed by atoms with Crippen LogP contribution >= 0.6 is 0 Å². The van der Waals surface area contributed by atoms with Gasteiger partial charge in [0.15, 0.2) is 12.1 Å². The fourth-order valence-corrected chi connectivity index (χ4v) is 1.44. The smallest absolute Gasteiger partial charge is 0.222 e. The maximum atomic E-state index is 10.5. The summed E-state index contributed by atoms with van der Waals surface area (Å²) in [5.74, 6) is 0.610. The SMILES string of the molecule is COc1nc(C=O)nc2c1COCC2. The fourth-order valence-electron chi connectivity index (χ4n) is 1.44. The van der Waals surface area contributed by atoms with Crippen molar-refractivity contribution in [2.24, 2.45) is 0 Å². The van der Waals surface area contributed by atoms with Crippen LogP contribution in [-0.4, -0.2) is 30.0 Å². The Kier molecular flexibility index (Phi) is 2.41. The molecule has 0 fully saturated rings. The second-order valence-electron chi connectivity index (χ2n) is 2.94. The molecule has 0 aliphatic carbocycles. The van der Waals surface area contributed by atoms with E-state index in [2.05, 4.69) is 9.97 Å². The molecule has 0 aromatic carbocycles. The van der Waals surface area contributed by atoms with Gasteiger partial charge < -0.3 is 9.47 Å². The number of methoxy groups -OCH3 is 1. The van der Waals surface area contributed by atoms with Crippen molar-refractivity contribution in [3.63, 3.8) is 0 Å². The molecule has 0 saturated heterocycles. The van der Waals surface area contributed by atoms with Crippen molar-refractivity contribution in [1.29, 1.82) is 0 Å². The summed E-state index contributed by atoms with van der Waals surface area (Å²) in [7, 11) is 1.52. The highest BCUT2D eigenvalue weighted by Crippen LogP contribution is 2.23. The molecule has 1 aromatic rings. The second-order valence-corrected chi connectivity index (χ2v) is 2.94. The second kappa shape index (κ2) is 3.71. The molecule has 2 rings (SSSR count). The first-order valence-corrected chi connectivity index (χ1v) is 4.32. The van der Waals surface area contributed by atoms with E-state index in [1.165, 1.54) is 7.11 Å². The van der Waals surface area contributed by atoms with Gasteiger partial charge in [-0.3, -0.25) is 4.79 Å². The molecule has 0 radical (unpaired) electrons. The highest BCUT2D eigenvalue weighted by atomic mass is 16.5. The molecule has 0 N–H and O–H groups in total. The summed E-state index contributed by atoms with van der Waals surface area (Å²) in [5, 5.41) is 0. The first-order chi connectivity index (χ1) is 6.85. The lowest BCUT2D eigenvalue weighted by atomic mass is 10.1. The van der Waals surface area contributed by atoms with Gasteiger partial charge in [-0.15, -0.1) is 0 Å². The minimum atomic E-state index is 0.169. The number of fused-ring (bicyclic) bond motifs is 1. The molecule has 0 bridgehead atoms. The molecule has 0 amide bonds. The van der Waals surface area contributed by atoms with E-state index in [0.717, 1.165) is 11.3 Å². The molecule has 1 aliphatic heterocycles. The molecular weight excluding hydrogens is 184 g/mol. The quantitative estimate of drug-likeness (QED) is 0.636. The molecule has 14 heavy (non-hydrogen) atoms. The third kappa shape index (κ3) is 1.46. The highest BCUT2D eigenvalue weighted by molar-refractivity contribution is 5.69. The predicted molar refractivity (Wildman–Crippen MR) is 47.3 cm³/mol. The number of hydrogen-bond donors (Lipinski definition) is 0. The van der Waals surface area contributed by atoms with Gasteiger partial charge in [0, 0.05) is 6.42 Å². The van der Waals surface area contributed by atoms with Crippen molar-refractivity contribution >= 4 is 6.29 Å². The maximum absolute atomic E-state index is 10.5. The third-order valence-corrected chi connectivity index (χ3v) is 2.10. The number of ether oxygens (including phenoxy) is 2. The number of hydrogen-bond acceptors (Lipinski definition) is 5. The van der Waals surface area contributed by atoms with Crippen LogP contribution in [0.5, 0.6) is 5.88 Å². The number of carbonyl (C=O) groups is 1. The number of nitrogens with zero attached hydrogens (tertiary/aromatic N) is 2. The van der Waals surface area contributed by atoms with Gasteiger partial charge in [0.1, 0.15) is 0 Å². The fraction of sp³-hybridized carbons (Fsp3) is 0.444. The lowest BCUT2D eigenvalue weighted by Gasteiger charge is -2.17. The summed E-state index contributed by atoms with van der Waals surface area (Å²) in [6.07, 6.45) is 1.33. The van der Waals surface area contributed by atoms with Gasteiger partial charge in [-0.1, -0.05) is 0 Å². The monoisotopic (exact) mass is 194 g/mol. The Balaban J connectivity index is 2.52. The highest BCUT2D eigenvalue weighted by Gasteiger charge is 2.18. The molecule has 0 spiro atoms. The van der Waals surface area contributed by atoms with Gasteiger partial charge in [0.2, 0.25) is 5.88 Å². The lowest BCUT2D eigenvalue weighted by molar-refractivity contribution is 0.104. The van der Waals surface area contributed by atoms with Crippen LogP contribution in [0.4, 0.5) is 0 Å². The van der Waals surface area contributed by atoms with Crippen LogP contribution in [0.3, 0.4) is 0 Å². The van der Waals surface area contributed by atoms with Crippen LogP contribution in [0.15, 0.2) is 0 Å². The minimum Gasteiger partial charge on any atom is -0.481 e. The largest absolute Gasteiger partial charge is 0.481 e. The van der Waals surface area contributed by atoms with Gasteiger partial charge >= 0.3 is 0 Å². The molecule has 5 heteroatoms. The topological polar surface area (TPSA) is 61.3 Å². The molecule has 1 aliphatic rings. The van der Waals surface area contributed by atoms with E-state index in [4.69, 9.17) is 9.47 Å². The Morgan fingerprint density at radius 1 is 1.50 bits per heavy atom. The van der Waals surface area contributed by atoms with Crippen molar-refractivity contribution in [3.8, 4) is 5.88 Å². The number of rotatable bonds is 2. The predicted octanol–water partition coefficient (Wildman–Crippen LogP) is 0.370. The van der Waals surface area contributed by atoms with Crippen molar-refractivity contribution < 1.29 is 14.3 Å². The van der Waals surface area contributed by atoms with Crippen molar-refractivity contribution in [2.45, 2.75) is 13.0 Å². The first-order valence-electron chi connectivity index (χ1n) is 4.32. The Hall–Kier alpha value is -1.49. The minimum absolute atomic E-state index is 0.169. The standard InChI is InChI=1S/C9H10N2O3/c1-13-9-6-5-14-3-2-7(6)10-8(4-12)11-9/h4H,2-3,5H2,1H3. The molecule has 2 heterocycles. The summed E-state index contributed by atoms with van der Waals surface area (Å²) in [5.41, 5.74) is 1.70. The molecule has 5 nitrogen and oxygen atoms in total. The van der Waals surface area contributed by atoms with Crippen LogP contribution in [0.2, 0.25) is 0 Å². The zero-order valence-electron chi connectivity index (χ0n) is 7.82. The van der Waals surface area contributed by atoms with Crippen LogP contribution < -0.4 is 4.74 Å². The van der Waals surface area contributed by atoms with Crippen LogP contribution in [0.25, 0.3) is 0 Å². The van der Waals surface area contributed by atoms with Gasteiger partial charge in [0.05, 0.1) is 31.6 Å². The number of carbonyl (C=O) groups excluding carboxylic acids is 1. The first kappa shape index (κ1) is 9.08. The van der Waals surface area contributed by atoms with Crippen molar-refractivity contribution in [2.75, 3.05) is 13.7 Å². The molecule has 0 unspecified atom stereocenters. The molecular formula is C9H10N2O3. The van der Waals surface area contributed by atoms with Gasteiger partial charge in [-0.25, -0.2) is 4.98 Å². The molecule has 74 valence electrons. The van der Waals surface area contributed by atoms with E-state index in [9.17, 15) is 4.79 Å². The van der Waals surface area contributed by atoms with Crippen molar-refractivity contribution in [3.05, 3.63) is 17.1 Å². The molecule has 1 aromatic heterocycles.